The number of carbonyl (C=O) groups excluding carboxylic acids is 1. The number of rotatable bonds is 4. The summed E-state index contributed by atoms with van der Waals surface area (Å²) in [6.07, 6.45) is 2.45. The van der Waals surface area contributed by atoms with Crippen molar-refractivity contribution in [3.8, 4) is 34.5 Å². The van der Waals surface area contributed by atoms with Gasteiger partial charge in [0.15, 0.2) is 0 Å². The molecule has 0 radical (unpaired) electrons. The molecule has 1 amide bonds. The van der Waals surface area contributed by atoms with Crippen LogP contribution in [0.3, 0.4) is 0 Å². The van der Waals surface area contributed by atoms with Crippen molar-refractivity contribution in [2.45, 2.75) is 19.8 Å². The SMILES string of the molecule is CC(C)c1cc(-c2cnc(OC(N)=O)n2-c2ccc3c(ccn3C)c2)c(O)cc1O. The number of phenols is 2. The number of hydrogen-bond acceptors (Lipinski definition) is 5. The molecule has 8 heteroatoms. The van der Waals surface area contributed by atoms with E-state index in [1.54, 1.807) is 10.6 Å². The number of amides is 1. The van der Waals surface area contributed by atoms with Gasteiger partial charge in [-0.25, -0.2) is 9.78 Å². The highest BCUT2D eigenvalue weighted by Crippen LogP contribution is 2.40. The average Bonchev–Trinajstić information content (AvgIpc) is 3.24. The standard InChI is InChI=1S/C22H22N4O4/c1-12(2)15-9-16(20(28)10-19(15)27)18-11-24-22(30-21(23)29)26(18)14-4-5-17-13(8-14)6-7-25(17)3/h4-12,27-28H,1-3H3,(H2,23,29). The molecular weight excluding hydrogens is 384 g/mol. The Morgan fingerprint density at radius 1 is 1.13 bits per heavy atom. The molecule has 0 atom stereocenters. The summed E-state index contributed by atoms with van der Waals surface area (Å²) < 4.78 is 8.72. The van der Waals surface area contributed by atoms with E-state index in [2.05, 4.69) is 4.98 Å². The van der Waals surface area contributed by atoms with Crippen molar-refractivity contribution in [2.75, 3.05) is 0 Å². The maximum absolute atomic E-state index is 11.4. The number of aromatic nitrogens is 3. The second-order valence-corrected chi connectivity index (χ2v) is 7.44. The van der Waals surface area contributed by atoms with Gasteiger partial charge in [0, 0.05) is 35.8 Å². The molecule has 30 heavy (non-hydrogen) atoms. The minimum atomic E-state index is -0.994. The van der Waals surface area contributed by atoms with Crippen molar-refractivity contribution in [1.29, 1.82) is 0 Å². The van der Waals surface area contributed by atoms with Gasteiger partial charge in [0.1, 0.15) is 11.5 Å². The predicted octanol–water partition coefficient (Wildman–Crippen LogP) is 4.02. The molecule has 2 heterocycles. The van der Waals surface area contributed by atoms with Crippen LogP contribution in [0.2, 0.25) is 0 Å². The number of benzene rings is 2. The Balaban J connectivity index is 1.97. The quantitative estimate of drug-likeness (QED) is 0.473. The van der Waals surface area contributed by atoms with Gasteiger partial charge in [0.05, 0.1) is 17.6 Å². The van der Waals surface area contributed by atoms with Gasteiger partial charge >= 0.3 is 12.1 Å². The monoisotopic (exact) mass is 406 g/mol. The molecule has 4 aromatic rings. The number of phenolic OH excluding ortho intramolecular Hbond substituents is 2. The molecule has 0 fully saturated rings. The van der Waals surface area contributed by atoms with Crippen LogP contribution >= 0.6 is 0 Å². The third kappa shape index (κ3) is 3.22. The maximum atomic E-state index is 11.4. The highest BCUT2D eigenvalue weighted by Gasteiger charge is 2.21. The molecule has 154 valence electrons. The Kier molecular flexibility index (Phi) is 4.62. The van der Waals surface area contributed by atoms with Crippen LogP contribution in [0.4, 0.5) is 4.79 Å². The molecule has 2 aromatic heterocycles. The van der Waals surface area contributed by atoms with Gasteiger partial charge in [0.25, 0.3) is 0 Å². The molecular formula is C22H22N4O4. The largest absolute Gasteiger partial charge is 0.508 e. The Bertz CT molecular complexity index is 1270. The van der Waals surface area contributed by atoms with Gasteiger partial charge in [-0.05, 0) is 41.8 Å². The first kappa shape index (κ1) is 19.4. The predicted molar refractivity (Wildman–Crippen MR) is 113 cm³/mol. The Hall–Kier alpha value is -3.94. The molecule has 2 aromatic carbocycles. The van der Waals surface area contributed by atoms with E-state index in [4.69, 9.17) is 10.5 Å². The van der Waals surface area contributed by atoms with E-state index in [9.17, 15) is 15.0 Å². The first-order chi connectivity index (χ1) is 14.3. The van der Waals surface area contributed by atoms with E-state index >= 15 is 0 Å². The number of carbonyl (C=O) groups is 1. The minimum Gasteiger partial charge on any atom is -0.508 e. The van der Waals surface area contributed by atoms with E-state index in [-0.39, 0.29) is 23.4 Å². The van der Waals surface area contributed by atoms with E-state index in [0.717, 1.165) is 10.9 Å². The lowest BCUT2D eigenvalue weighted by atomic mass is 9.97. The number of hydrogen-bond donors (Lipinski definition) is 3. The number of primary amides is 1. The topological polar surface area (TPSA) is 116 Å². The lowest BCUT2D eigenvalue weighted by Gasteiger charge is -2.15. The highest BCUT2D eigenvalue weighted by molar-refractivity contribution is 5.83. The average molecular weight is 406 g/mol. The molecule has 0 saturated carbocycles. The first-order valence-electron chi connectivity index (χ1n) is 9.43. The summed E-state index contributed by atoms with van der Waals surface area (Å²) >= 11 is 0. The van der Waals surface area contributed by atoms with Crippen molar-refractivity contribution in [3.05, 3.63) is 54.4 Å². The molecule has 0 aliphatic rings. The molecule has 0 aliphatic heterocycles. The van der Waals surface area contributed by atoms with Crippen molar-refractivity contribution in [3.63, 3.8) is 0 Å². The Labute approximate surface area is 172 Å². The lowest BCUT2D eigenvalue weighted by Crippen LogP contribution is -2.18. The smallest absolute Gasteiger partial charge is 0.412 e. The van der Waals surface area contributed by atoms with Crippen LogP contribution in [0.1, 0.15) is 25.3 Å². The second-order valence-electron chi connectivity index (χ2n) is 7.44. The van der Waals surface area contributed by atoms with Gasteiger partial charge in [-0.1, -0.05) is 13.8 Å². The first-order valence-corrected chi connectivity index (χ1v) is 9.43. The van der Waals surface area contributed by atoms with Crippen LogP contribution in [0.5, 0.6) is 17.5 Å². The molecule has 0 spiro atoms. The number of ether oxygens (including phenoxy) is 1. The number of fused-ring (bicyclic) bond motifs is 1. The lowest BCUT2D eigenvalue weighted by molar-refractivity contribution is 0.206. The van der Waals surface area contributed by atoms with Gasteiger partial charge in [-0.15, -0.1) is 0 Å². The van der Waals surface area contributed by atoms with Gasteiger partial charge in [0.2, 0.25) is 0 Å². The zero-order chi connectivity index (χ0) is 21.6. The van der Waals surface area contributed by atoms with Crippen LogP contribution in [-0.2, 0) is 7.05 Å². The zero-order valence-electron chi connectivity index (χ0n) is 16.8. The molecule has 0 bridgehead atoms. The Morgan fingerprint density at radius 2 is 1.90 bits per heavy atom. The van der Waals surface area contributed by atoms with Crippen molar-refractivity contribution < 1.29 is 19.7 Å². The van der Waals surface area contributed by atoms with Crippen molar-refractivity contribution in [1.82, 2.24) is 14.1 Å². The third-order valence-corrected chi connectivity index (χ3v) is 5.09. The molecule has 4 N–H and O–H groups in total. The molecule has 8 nitrogen and oxygen atoms in total. The van der Waals surface area contributed by atoms with E-state index in [0.29, 0.717) is 22.5 Å². The second kappa shape index (κ2) is 7.14. The number of nitrogens with two attached hydrogens (primary N) is 1. The summed E-state index contributed by atoms with van der Waals surface area (Å²) in [5.41, 5.74) is 8.54. The van der Waals surface area contributed by atoms with E-state index in [1.165, 1.54) is 12.3 Å². The van der Waals surface area contributed by atoms with Gasteiger partial charge < -0.3 is 25.3 Å². The summed E-state index contributed by atoms with van der Waals surface area (Å²) in [5, 5.41) is 21.7. The van der Waals surface area contributed by atoms with Crippen molar-refractivity contribution >= 4 is 17.0 Å². The number of aromatic hydroxyl groups is 2. The fourth-order valence-electron chi connectivity index (χ4n) is 3.61. The van der Waals surface area contributed by atoms with Gasteiger partial charge in [-0.2, -0.15) is 0 Å². The summed E-state index contributed by atoms with van der Waals surface area (Å²) in [6.45, 7) is 3.89. The van der Waals surface area contributed by atoms with Crippen LogP contribution in [0.25, 0.3) is 27.8 Å². The van der Waals surface area contributed by atoms with Gasteiger partial charge in [-0.3, -0.25) is 4.57 Å². The van der Waals surface area contributed by atoms with E-state index in [1.807, 2.05) is 55.9 Å². The molecule has 0 unspecified atom stereocenters. The normalized spacial score (nSPS) is 11.3. The summed E-state index contributed by atoms with van der Waals surface area (Å²) in [6, 6.07) is 10.7. The maximum Gasteiger partial charge on any atom is 0.412 e. The molecule has 0 saturated heterocycles. The Morgan fingerprint density at radius 3 is 2.60 bits per heavy atom. The van der Waals surface area contributed by atoms with Crippen molar-refractivity contribution in [2.24, 2.45) is 12.8 Å². The van der Waals surface area contributed by atoms with Crippen LogP contribution in [0, 0.1) is 0 Å². The zero-order valence-corrected chi connectivity index (χ0v) is 16.8. The highest BCUT2D eigenvalue weighted by atomic mass is 16.6. The fourth-order valence-corrected chi connectivity index (χ4v) is 3.61. The fraction of sp³-hybridized carbons (Fsp3) is 0.182. The van der Waals surface area contributed by atoms with Crippen LogP contribution in [-0.4, -0.2) is 30.4 Å². The van der Waals surface area contributed by atoms with Crippen LogP contribution < -0.4 is 10.5 Å². The molecule has 4 rings (SSSR count). The summed E-state index contributed by atoms with van der Waals surface area (Å²) in [5.74, 6) is -0.0798. The van der Waals surface area contributed by atoms with Crippen LogP contribution in [0.15, 0.2) is 48.8 Å². The minimum absolute atomic E-state index is 0.0108. The number of aryl methyl sites for hydroxylation is 1. The van der Waals surface area contributed by atoms with E-state index < -0.39 is 6.09 Å². The summed E-state index contributed by atoms with van der Waals surface area (Å²) in [7, 11) is 1.95. The number of imidazole rings is 1. The third-order valence-electron chi connectivity index (χ3n) is 5.09. The summed E-state index contributed by atoms with van der Waals surface area (Å²) in [4.78, 5) is 15.6. The number of nitrogens with zero attached hydrogens (tertiary/aromatic N) is 3. The molecule has 0 aliphatic carbocycles.